The molecule has 0 radical (unpaired) electrons. The zero-order valence-electron chi connectivity index (χ0n) is 12.4. The number of carbonyl (C=O) groups is 1. The normalized spacial score (nSPS) is 18.5. The molecule has 1 aromatic rings. The Bertz CT molecular complexity index is 568. The molecule has 0 spiro atoms. The van der Waals surface area contributed by atoms with E-state index in [9.17, 15) is 14.9 Å². The van der Waals surface area contributed by atoms with Gasteiger partial charge in [0.15, 0.2) is 0 Å². The molecule has 5 heteroatoms. The maximum absolute atomic E-state index is 12.3. The third kappa shape index (κ3) is 3.68. The van der Waals surface area contributed by atoms with E-state index >= 15 is 0 Å². The van der Waals surface area contributed by atoms with Crippen molar-refractivity contribution >= 4 is 11.6 Å². The average molecular weight is 288 g/mol. The van der Waals surface area contributed by atoms with Gasteiger partial charge in [0.25, 0.3) is 5.69 Å². The van der Waals surface area contributed by atoms with Crippen molar-refractivity contribution in [3.8, 4) is 0 Å². The predicted molar refractivity (Wildman–Crippen MR) is 80.8 cm³/mol. The Morgan fingerprint density at radius 3 is 2.90 bits per heavy atom. The van der Waals surface area contributed by atoms with Crippen molar-refractivity contribution in [1.29, 1.82) is 0 Å². The lowest BCUT2D eigenvalue weighted by atomic mass is 10.0. The molecule has 5 nitrogen and oxygen atoms in total. The van der Waals surface area contributed by atoms with E-state index in [4.69, 9.17) is 0 Å². The maximum Gasteiger partial charge on any atom is 0.269 e. The van der Waals surface area contributed by atoms with E-state index in [1.807, 2.05) is 13.0 Å². The number of amides is 1. The van der Waals surface area contributed by atoms with Gasteiger partial charge in [0, 0.05) is 25.6 Å². The van der Waals surface area contributed by atoms with Crippen molar-refractivity contribution in [2.75, 3.05) is 7.05 Å². The minimum absolute atomic E-state index is 0.0546. The molecule has 1 aliphatic carbocycles. The van der Waals surface area contributed by atoms with E-state index in [2.05, 4.69) is 12.2 Å². The summed E-state index contributed by atoms with van der Waals surface area (Å²) in [6.45, 7) is 1.89. The van der Waals surface area contributed by atoms with Crippen molar-refractivity contribution in [1.82, 2.24) is 4.90 Å². The third-order valence-corrected chi connectivity index (χ3v) is 4.09. The van der Waals surface area contributed by atoms with Crippen LogP contribution in [-0.2, 0) is 4.79 Å². The number of carbonyl (C=O) groups excluding carboxylic acids is 1. The second kappa shape index (κ2) is 6.52. The summed E-state index contributed by atoms with van der Waals surface area (Å²) < 4.78 is 0. The van der Waals surface area contributed by atoms with Gasteiger partial charge in [-0.25, -0.2) is 0 Å². The number of allylic oxidation sites excluding steroid dienone is 2. The summed E-state index contributed by atoms with van der Waals surface area (Å²) in [5.41, 5.74) is 0.834. The number of nitro benzene ring substituents is 1. The Labute approximate surface area is 124 Å². The van der Waals surface area contributed by atoms with Gasteiger partial charge in [-0.2, -0.15) is 0 Å². The van der Waals surface area contributed by atoms with Crippen LogP contribution in [0.15, 0.2) is 36.4 Å². The minimum Gasteiger partial charge on any atom is -0.339 e. The summed E-state index contributed by atoms with van der Waals surface area (Å²) in [5, 5.41) is 10.8. The molecule has 0 fully saturated rings. The summed E-state index contributed by atoms with van der Waals surface area (Å²) in [6.07, 6.45) is 6.80. The first-order valence-electron chi connectivity index (χ1n) is 7.15. The fraction of sp³-hybridized carbons (Fsp3) is 0.438. The minimum atomic E-state index is -0.415. The van der Waals surface area contributed by atoms with E-state index in [-0.39, 0.29) is 17.6 Å². The van der Waals surface area contributed by atoms with Crippen LogP contribution in [0.5, 0.6) is 0 Å². The van der Waals surface area contributed by atoms with Crippen LogP contribution in [0.2, 0.25) is 0 Å². The average Bonchev–Trinajstić information content (AvgIpc) is 2.98. The fourth-order valence-corrected chi connectivity index (χ4v) is 2.57. The molecule has 0 saturated carbocycles. The highest BCUT2D eigenvalue weighted by atomic mass is 16.6. The molecule has 1 aromatic carbocycles. The van der Waals surface area contributed by atoms with E-state index in [1.54, 1.807) is 18.0 Å². The van der Waals surface area contributed by atoms with Gasteiger partial charge < -0.3 is 4.90 Å². The highest BCUT2D eigenvalue weighted by Crippen LogP contribution is 2.26. The third-order valence-electron chi connectivity index (χ3n) is 4.09. The molecule has 0 aliphatic heterocycles. The number of rotatable bonds is 5. The van der Waals surface area contributed by atoms with E-state index in [1.165, 1.54) is 12.1 Å². The fourth-order valence-electron chi connectivity index (χ4n) is 2.57. The Morgan fingerprint density at radius 2 is 2.29 bits per heavy atom. The molecular weight excluding hydrogens is 268 g/mol. The number of benzene rings is 1. The summed E-state index contributed by atoms with van der Waals surface area (Å²) in [4.78, 5) is 24.4. The Hall–Kier alpha value is -2.17. The van der Waals surface area contributed by atoms with Crippen molar-refractivity contribution in [2.24, 2.45) is 5.92 Å². The number of hydrogen-bond donors (Lipinski definition) is 0. The van der Waals surface area contributed by atoms with Crippen LogP contribution in [0.4, 0.5) is 5.69 Å². The Morgan fingerprint density at radius 1 is 1.52 bits per heavy atom. The molecule has 0 saturated heterocycles. The molecule has 1 aliphatic rings. The van der Waals surface area contributed by atoms with Gasteiger partial charge in [-0.15, -0.1) is 0 Å². The number of nitro groups is 1. The summed E-state index contributed by atoms with van der Waals surface area (Å²) >= 11 is 0. The lowest BCUT2D eigenvalue weighted by Crippen LogP contribution is -2.30. The first-order chi connectivity index (χ1) is 9.99. The number of nitrogens with zero attached hydrogens (tertiary/aromatic N) is 2. The van der Waals surface area contributed by atoms with Crippen LogP contribution in [0, 0.1) is 16.0 Å². The van der Waals surface area contributed by atoms with Gasteiger partial charge in [-0.3, -0.25) is 14.9 Å². The zero-order valence-corrected chi connectivity index (χ0v) is 12.4. The summed E-state index contributed by atoms with van der Waals surface area (Å²) in [7, 11) is 1.75. The van der Waals surface area contributed by atoms with Gasteiger partial charge in [-0.1, -0.05) is 24.3 Å². The maximum atomic E-state index is 12.3. The topological polar surface area (TPSA) is 63.5 Å². The second-order valence-electron chi connectivity index (χ2n) is 5.50. The smallest absolute Gasteiger partial charge is 0.269 e. The Kier molecular flexibility index (Phi) is 4.73. The predicted octanol–water partition coefficient (Wildman–Crippen LogP) is 3.47. The monoisotopic (exact) mass is 288 g/mol. The van der Waals surface area contributed by atoms with E-state index in [0.29, 0.717) is 12.3 Å². The zero-order chi connectivity index (χ0) is 15.4. The number of non-ortho nitro benzene ring substituents is 1. The molecule has 0 heterocycles. The van der Waals surface area contributed by atoms with Crippen LogP contribution >= 0.6 is 0 Å². The van der Waals surface area contributed by atoms with E-state index < -0.39 is 4.92 Å². The SMILES string of the molecule is C[C@@H](c1cccc([N+](=O)[O-])c1)N(C)C(=O)C[C@H]1C=CCC1. The lowest BCUT2D eigenvalue weighted by molar-refractivity contribution is -0.384. The quantitative estimate of drug-likeness (QED) is 0.473. The molecule has 2 rings (SSSR count). The van der Waals surface area contributed by atoms with Crippen molar-refractivity contribution < 1.29 is 9.72 Å². The van der Waals surface area contributed by atoms with Gasteiger partial charge in [0.1, 0.15) is 0 Å². The van der Waals surface area contributed by atoms with Gasteiger partial charge >= 0.3 is 0 Å². The highest BCUT2D eigenvalue weighted by molar-refractivity contribution is 5.77. The van der Waals surface area contributed by atoms with Crippen molar-refractivity contribution in [2.45, 2.75) is 32.2 Å². The lowest BCUT2D eigenvalue weighted by Gasteiger charge is -2.26. The van der Waals surface area contributed by atoms with Gasteiger partial charge in [0.05, 0.1) is 11.0 Å². The van der Waals surface area contributed by atoms with Crippen LogP contribution in [0.3, 0.4) is 0 Å². The molecule has 0 bridgehead atoms. The first-order valence-corrected chi connectivity index (χ1v) is 7.15. The van der Waals surface area contributed by atoms with Crippen LogP contribution in [0.1, 0.15) is 37.8 Å². The number of hydrogen-bond acceptors (Lipinski definition) is 3. The van der Waals surface area contributed by atoms with Gasteiger partial charge in [-0.05, 0) is 31.2 Å². The Balaban J connectivity index is 2.05. The van der Waals surface area contributed by atoms with Crippen LogP contribution in [-0.4, -0.2) is 22.8 Å². The van der Waals surface area contributed by atoms with Gasteiger partial charge in [0.2, 0.25) is 5.91 Å². The van der Waals surface area contributed by atoms with Crippen molar-refractivity contribution in [3.63, 3.8) is 0 Å². The standard InChI is InChI=1S/C16H20N2O3/c1-12(14-8-5-9-15(11-14)18(20)21)17(2)16(19)10-13-6-3-4-7-13/h3,5-6,8-9,11-13H,4,7,10H2,1-2H3/t12-,13-/m0/s1. The molecular formula is C16H20N2O3. The van der Waals surface area contributed by atoms with E-state index in [0.717, 1.165) is 18.4 Å². The molecule has 0 aromatic heterocycles. The molecule has 2 atom stereocenters. The largest absolute Gasteiger partial charge is 0.339 e. The molecule has 112 valence electrons. The van der Waals surface area contributed by atoms with Crippen LogP contribution in [0.25, 0.3) is 0 Å². The summed E-state index contributed by atoms with van der Waals surface area (Å²) in [5.74, 6) is 0.405. The second-order valence-corrected chi connectivity index (χ2v) is 5.50. The van der Waals surface area contributed by atoms with Crippen molar-refractivity contribution in [3.05, 3.63) is 52.1 Å². The molecule has 0 N–H and O–H groups in total. The summed E-state index contributed by atoms with van der Waals surface area (Å²) in [6, 6.07) is 6.28. The van der Waals surface area contributed by atoms with Crippen LogP contribution < -0.4 is 0 Å². The highest BCUT2D eigenvalue weighted by Gasteiger charge is 2.22. The first kappa shape index (κ1) is 15.2. The molecule has 1 amide bonds. The molecule has 0 unspecified atom stereocenters. The molecule has 21 heavy (non-hydrogen) atoms.